The molecule has 6 rings (SSSR count). The molecule has 4 amide bonds. The number of carbonyl (C=O) groups excluding carboxylic acids is 4. The predicted octanol–water partition coefficient (Wildman–Crippen LogP) is 4.15. The Balaban J connectivity index is 1.27. The number of carbonyl (C=O) groups is 4. The van der Waals surface area contributed by atoms with Crippen LogP contribution in [-0.2, 0) is 33.6 Å². The van der Waals surface area contributed by atoms with Crippen molar-refractivity contribution in [1.82, 2.24) is 25.2 Å². The van der Waals surface area contributed by atoms with Crippen molar-refractivity contribution in [2.75, 3.05) is 13.7 Å². The number of ether oxygens (including phenoxy) is 3. The standard InChI is InChI=1S/C36H48ClN5O10S/c1-6-20-18-36(20,33(45)41-53(47,48)52-22-11-12-22)40-31(43)25-17-23(50-26-15-16-38-29-24(26)13-14-27(49-5)28(29)37)19-42(25)32(44)30(35(2,3)4)39-34(46)51-21-9-7-8-10-21/h13-16,20-23,25,30H,6-12,17-19H2,1-5H3,(H,39,46)(H,40,43)(H,41,45)/t20-,23?,25?,30?,36-/m1/s1. The van der Waals surface area contributed by atoms with Crippen molar-refractivity contribution in [3.63, 3.8) is 0 Å². The third-order valence-corrected chi connectivity index (χ3v) is 11.8. The van der Waals surface area contributed by atoms with Crippen molar-refractivity contribution in [3.8, 4) is 11.5 Å². The Bertz CT molecular complexity index is 1860. The Kier molecular flexibility index (Phi) is 11.1. The van der Waals surface area contributed by atoms with Gasteiger partial charge in [-0.2, -0.15) is 8.42 Å². The number of hydrogen-bond donors (Lipinski definition) is 3. The molecule has 1 aromatic heterocycles. The number of amides is 4. The Morgan fingerprint density at radius 2 is 1.75 bits per heavy atom. The summed E-state index contributed by atoms with van der Waals surface area (Å²) in [5.41, 5.74) is -1.89. The molecular weight excluding hydrogens is 730 g/mol. The van der Waals surface area contributed by atoms with Crippen LogP contribution >= 0.6 is 11.6 Å². The summed E-state index contributed by atoms with van der Waals surface area (Å²) in [5, 5.41) is 6.46. The highest BCUT2D eigenvalue weighted by Gasteiger charge is 2.62. The minimum Gasteiger partial charge on any atom is -0.495 e. The van der Waals surface area contributed by atoms with Crippen LogP contribution in [0, 0.1) is 11.3 Å². The van der Waals surface area contributed by atoms with Gasteiger partial charge in [-0.15, -0.1) is 0 Å². The molecule has 4 aliphatic rings. The molecule has 1 saturated heterocycles. The fraction of sp³-hybridized carbons (Fsp3) is 0.639. The molecule has 0 spiro atoms. The van der Waals surface area contributed by atoms with Gasteiger partial charge in [-0.25, -0.2) is 9.52 Å². The number of rotatable bonds is 13. The van der Waals surface area contributed by atoms with Crippen molar-refractivity contribution in [3.05, 3.63) is 29.4 Å². The lowest BCUT2D eigenvalue weighted by Crippen LogP contribution is -2.60. The topological polar surface area (TPSA) is 192 Å². The molecule has 290 valence electrons. The van der Waals surface area contributed by atoms with E-state index in [0.717, 1.165) is 25.7 Å². The summed E-state index contributed by atoms with van der Waals surface area (Å²) in [6, 6.07) is 2.85. The third-order valence-electron chi connectivity index (χ3n) is 10.4. The van der Waals surface area contributed by atoms with E-state index in [1.165, 1.54) is 18.2 Å². The van der Waals surface area contributed by atoms with Gasteiger partial charge < -0.3 is 29.7 Å². The molecule has 15 nitrogen and oxygen atoms in total. The molecule has 3 saturated carbocycles. The molecule has 3 aliphatic carbocycles. The first-order chi connectivity index (χ1) is 25.0. The third kappa shape index (κ3) is 8.59. The number of benzene rings is 1. The molecule has 0 radical (unpaired) electrons. The number of methoxy groups -OCH3 is 1. The molecule has 2 heterocycles. The normalized spacial score (nSPS) is 25.1. The van der Waals surface area contributed by atoms with Crippen molar-refractivity contribution >= 4 is 56.6 Å². The molecule has 3 unspecified atom stereocenters. The molecule has 1 aliphatic heterocycles. The first-order valence-corrected chi connectivity index (χ1v) is 20.0. The van der Waals surface area contributed by atoms with E-state index in [-0.39, 0.29) is 31.4 Å². The summed E-state index contributed by atoms with van der Waals surface area (Å²) in [7, 11) is -2.90. The Labute approximate surface area is 314 Å². The van der Waals surface area contributed by atoms with E-state index in [2.05, 4.69) is 15.6 Å². The zero-order valence-corrected chi connectivity index (χ0v) is 32.2. The highest BCUT2D eigenvalue weighted by atomic mass is 35.5. The fourth-order valence-electron chi connectivity index (χ4n) is 7.26. The predicted molar refractivity (Wildman–Crippen MR) is 193 cm³/mol. The van der Waals surface area contributed by atoms with E-state index in [9.17, 15) is 27.6 Å². The number of aromatic nitrogens is 1. The smallest absolute Gasteiger partial charge is 0.408 e. The largest absolute Gasteiger partial charge is 0.495 e. The number of hydrogen-bond acceptors (Lipinski definition) is 11. The number of likely N-dealkylation sites (tertiary alicyclic amines) is 1. The zero-order valence-electron chi connectivity index (χ0n) is 30.6. The summed E-state index contributed by atoms with van der Waals surface area (Å²) in [4.78, 5) is 61.2. The average molecular weight is 778 g/mol. The van der Waals surface area contributed by atoms with Crippen molar-refractivity contribution in [2.24, 2.45) is 11.3 Å². The van der Waals surface area contributed by atoms with Gasteiger partial charge in [0.2, 0.25) is 11.8 Å². The lowest BCUT2D eigenvalue weighted by molar-refractivity contribution is -0.143. The minimum atomic E-state index is -4.40. The Morgan fingerprint density at radius 3 is 2.38 bits per heavy atom. The van der Waals surface area contributed by atoms with E-state index in [0.29, 0.717) is 46.7 Å². The highest BCUT2D eigenvalue weighted by Crippen LogP contribution is 2.47. The Morgan fingerprint density at radius 1 is 1.04 bits per heavy atom. The van der Waals surface area contributed by atoms with Gasteiger partial charge in [0, 0.05) is 18.0 Å². The first kappa shape index (κ1) is 38.8. The van der Waals surface area contributed by atoms with Crippen molar-refractivity contribution in [2.45, 2.75) is 121 Å². The van der Waals surface area contributed by atoms with Crippen LogP contribution in [0.4, 0.5) is 4.79 Å². The van der Waals surface area contributed by atoms with Crippen LogP contribution in [-0.4, -0.2) is 91.7 Å². The minimum absolute atomic E-state index is 0.0201. The van der Waals surface area contributed by atoms with Crippen LogP contribution < -0.4 is 24.8 Å². The molecular formula is C36H48ClN5O10S. The number of pyridine rings is 1. The summed E-state index contributed by atoms with van der Waals surface area (Å²) in [6.45, 7) is 7.18. The van der Waals surface area contributed by atoms with Crippen molar-refractivity contribution in [1.29, 1.82) is 0 Å². The monoisotopic (exact) mass is 777 g/mol. The average Bonchev–Trinajstić information content (AvgIpc) is 3.92. The van der Waals surface area contributed by atoms with Crippen LogP contribution in [0.25, 0.3) is 10.9 Å². The van der Waals surface area contributed by atoms with Gasteiger partial charge in [-0.05, 0) is 74.5 Å². The van der Waals surface area contributed by atoms with E-state index >= 15 is 0 Å². The van der Waals surface area contributed by atoms with Gasteiger partial charge in [0.1, 0.15) is 46.4 Å². The zero-order chi connectivity index (χ0) is 38.3. The number of nitrogens with one attached hydrogen (secondary N) is 3. The highest BCUT2D eigenvalue weighted by molar-refractivity contribution is 7.85. The first-order valence-electron chi connectivity index (χ1n) is 18.2. The van der Waals surface area contributed by atoms with Crippen molar-refractivity contribution < 1.29 is 46.0 Å². The number of nitrogens with zero attached hydrogens (tertiary/aromatic N) is 2. The second-order valence-electron chi connectivity index (χ2n) is 15.5. The van der Waals surface area contributed by atoms with Crippen LogP contribution in [0.5, 0.6) is 11.5 Å². The van der Waals surface area contributed by atoms with Crippen LogP contribution in [0.3, 0.4) is 0 Å². The molecule has 1 aromatic carbocycles. The maximum atomic E-state index is 14.5. The molecule has 0 bridgehead atoms. The lowest BCUT2D eigenvalue weighted by atomic mass is 9.85. The summed E-state index contributed by atoms with van der Waals surface area (Å²) in [5.74, 6) is -1.61. The van der Waals surface area contributed by atoms with Crippen LogP contribution in [0.15, 0.2) is 24.4 Å². The van der Waals surface area contributed by atoms with Gasteiger partial charge in [0.25, 0.3) is 5.91 Å². The lowest BCUT2D eigenvalue weighted by Gasteiger charge is -2.35. The number of alkyl carbamates (subject to hydrolysis) is 1. The summed E-state index contributed by atoms with van der Waals surface area (Å²) < 4.78 is 49.6. The van der Waals surface area contributed by atoms with E-state index in [1.807, 2.05) is 11.6 Å². The van der Waals surface area contributed by atoms with Gasteiger partial charge >= 0.3 is 16.4 Å². The molecule has 3 N–H and O–H groups in total. The molecule has 53 heavy (non-hydrogen) atoms. The Hall–Kier alpha value is -3.89. The quantitative estimate of drug-likeness (QED) is 0.265. The van der Waals surface area contributed by atoms with Crippen LogP contribution in [0.1, 0.15) is 85.5 Å². The van der Waals surface area contributed by atoms with Gasteiger partial charge in [0.15, 0.2) is 0 Å². The molecule has 17 heteroatoms. The fourth-order valence-corrected chi connectivity index (χ4v) is 8.56. The summed E-state index contributed by atoms with van der Waals surface area (Å²) in [6.07, 6.45) is 4.64. The van der Waals surface area contributed by atoms with E-state index in [1.54, 1.807) is 39.0 Å². The maximum absolute atomic E-state index is 14.5. The van der Waals surface area contributed by atoms with E-state index in [4.69, 9.17) is 30.0 Å². The SMILES string of the molecule is CC[C@@H]1C[C@]1(NC(=O)C1CC(Oc2ccnc3c(Cl)c(OC)ccc23)CN1C(=O)C(NC(=O)OC1CCCC1)C(C)(C)C)C(=O)NS(=O)(=O)OC1CC1. The van der Waals surface area contributed by atoms with Gasteiger partial charge in [-0.1, -0.05) is 45.7 Å². The van der Waals surface area contributed by atoms with Gasteiger partial charge in [0.05, 0.1) is 25.3 Å². The molecule has 4 fully saturated rings. The molecule has 5 atom stereocenters. The van der Waals surface area contributed by atoms with E-state index < -0.39 is 69.4 Å². The van der Waals surface area contributed by atoms with Gasteiger partial charge in [-0.3, -0.25) is 23.6 Å². The second-order valence-corrected chi connectivity index (χ2v) is 17.2. The summed E-state index contributed by atoms with van der Waals surface area (Å²) >= 11 is 6.54. The number of fused-ring (bicyclic) bond motifs is 1. The number of halogens is 1. The van der Waals surface area contributed by atoms with Crippen LogP contribution in [0.2, 0.25) is 5.02 Å². The maximum Gasteiger partial charge on any atom is 0.408 e. The molecule has 2 aromatic rings. The second kappa shape index (κ2) is 15.1.